The Labute approximate surface area is 154 Å². The summed E-state index contributed by atoms with van der Waals surface area (Å²) >= 11 is 5.02. The minimum atomic E-state index is 0.222. The monoisotopic (exact) mass is 410 g/mol. The second kappa shape index (κ2) is 8.18. The van der Waals surface area contributed by atoms with Gasteiger partial charge in [0.15, 0.2) is 0 Å². The van der Waals surface area contributed by atoms with E-state index in [1.54, 1.807) is 11.8 Å². The van der Waals surface area contributed by atoms with Gasteiger partial charge in [-0.25, -0.2) is 0 Å². The maximum absolute atomic E-state index is 12.4. The Kier molecular flexibility index (Phi) is 5.97. The quantitative estimate of drug-likeness (QED) is 0.763. The average molecular weight is 411 g/mol. The van der Waals surface area contributed by atoms with E-state index in [4.69, 9.17) is 4.52 Å². The van der Waals surface area contributed by atoms with Gasteiger partial charge in [-0.3, -0.25) is 4.79 Å². The molecule has 2 aromatic rings. The van der Waals surface area contributed by atoms with Crippen molar-refractivity contribution in [2.75, 3.05) is 31.9 Å². The molecule has 0 aliphatic carbocycles. The molecule has 0 spiro atoms. The van der Waals surface area contributed by atoms with E-state index in [9.17, 15) is 4.79 Å². The summed E-state index contributed by atoms with van der Waals surface area (Å²) in [6.07, 6.45) is 0. The summed E-state index contributed by atoms with van der Waals surface area (Å²) in [5.41, 5.74) is 0.994. The summed E-state index contributed by atoms with van der Waals surface area (Å²) in [6, 6.07) is 10.1. The number of nitrogens with one attached hydrogen (secondary N) is 1. The number of halogens is 1. The van der Waals surface area contributed by atoms with E-state index in [0.29, 0.717) is 5.75 Å². The van der Waals surface area contributed by atoms with Crippen LogP contribution in [0.4, 0.5) is 0 Å². The first-order chi connectivity index (χ1) is 11.6. The molecule has 128 valence electrons. The van der Waals surface area contributed by atoms with Gasteiger partial charge in [0, 0.05) is 15.4 Å². The number of carbonyl (C=O) groups excluding carboxylic acids is 1. The number of hydrogen-bond acceptors (Lipinski definition) is 4. The molecule has 1 aromatic heterocycles. The van der Waals surface area contributed by atoms with Crippen LogP contribution < -0.4 is 4.90 Å². The standard InChI is InChI=1S/C17H20BrN3O2S/c1-13-10-15(19-23-13)11-20-6-8-21(9-7-20)17(22)12-24-16-4-2-14(18)3-5-16/h2-5,10H,6-9,11-12H2,1H3/p+1. The molecule has 1 amide bonds. The van der Waals surface area contributed by atoms with Crippen LogP contribution in [-0.2, 0) is 11.3 Å². The molecule has 5 nitrogen and oxygen atoms in total. The Morgan fingerprint density at radius 2 is 2.04 bits per heavy atom. The summed E-state index contributed by atoms with van der Waals surface area (Å²) in [7, 11) is 0. The highest BCUT2D eigenvalue weighted by molar-refractivity contribution is 9.10. The minimum Gasteiger partial charge on any atom is -0.361 e. The lowest BCUT2D eigenvalue weighted by Crippen LogP contribution is -3.13. The number of hydrogen-bond donors (Lipinski definition) is 1. The van der Waals surface area contributed by atoms with Gasteiger partial charge < -0.3 is 14.3 Å². The van der Waals surface area contributed by atoms with Crippen LogP contribution in [0.15, 0.2) is 44.2 Å². The Balaban J connectivity index is 1.42. The van der Waals surface area contributed by atoms with Gasteiger partial charge in [-0.1, -0.05) is 21.1 Å². The van der Waals surface area contributed by atoms with Crippen LogP contribution in [0.25, 0.3) is 0 Å². The van der Waals surface area contributed by atoms with E-state index >= 15 is 0 Å². The van der Waals surface area contributed by atoms with Crippen molar-refractivity contribution in [1.29, 1.82) is 0 Å². The second-order valence-electron chi connectivity index (χ2n) is 5.98. The Morgan fingerprint density at radius 1 is 1.33 bits per heavy atom. The van der Waals surface area contributed by atoms with E-state index < -0.39 is 0 Å². The molecule has 1 aliphatic heterocycles. The Morgan fingerprint density at radius 3 is 2.67 bits per heavy atom. The van der Waals surface area contributed by atoms with Crippen molar-refractivity contribution in [1.82, 2.24) is 10.1 Å². The molecule has 0 radical (unpaired) electrons. The molecule has 0 bridgehead atoms. The third kappa shape index (κ3) is 4.84. The number of piperazine rings is 1. The summed E-state index contributed by atoms with van der Waals surface area (Å²) in [5.74, 6) is 1.57. The molecule has 0 saturated carbocycles. The number of rotatable bonds is 5. The van der Waals surface area contributed by atoms with Crippen LogP contribution in [0, 0.1) is 6.92 Å². The maximum Gasteiger partial charge on any atom is 0.233 e. The molecule has 1 aliphatic rings. The van der Waals surface area contributed by atoms with Crippen molar-refractivity contribution in [2.45, 2.75) is 18.4 Å². The van der Waals surface area contributed by atoms with Crippen molar-refractivity contribution >= 4 is 33.6 Å². The first-order valence-electron chi connectivity index (χ1n) is 8.02. The van der Waals surface area contributed by atoms with Gasteiger partial charge in [0.1, 0.15) is 18.0 Å². The first kappa shape index (κ1) is 17.5. The van der Waals surface area contributed by atoms with E-state index in [-0.39, 0.29) is 5.91 Å². The van der Waals surface area contributed by atoms with Gasteiger partial charge in [0.2, 0.25) is 5.91 Å². The third-order valence-electron chi connectivity index (χ3n) is 4.11. The summed E-state index contributed by atoms with van der Waals surface area (Å²) in [5, 5.41) is 4.05. The van der Waals surface area contributed by atoms with Crippen molar-refractivity contribution in [2.24, 2.45) is 0 Å². The molecule has 3 rings (SSSR count). The fraction of sp³-hybridized carbons (Fsp3) is 0.412. The Bertz CT molecular complexity index is 681. The fourth-order valence-corrected chi connectivity index (χ4v) is 3.84. The summed E-state index contributed by atoms with van der Waals surface area (Å²) in [4.78, 5) is 16.9. The molecule has 24 heavy (non-hydrogen) atoms. The topological polar surface area (TPSA) is 50.8 Å². The van der Waals surface area contributed by atoms with Crippen LogP contribution in [0.5, 0.6) is 0 Å². The number of amides is 1. The van der Waals surface area contributed by atoms with Gasteiger partial charge in [-0.2, -0.15) is 0 Å². The molecule has 1 N–H and O–H groups in total. The lowest BCUT2D eigenvalue weighted by atomic mass is 10.3. The van der Waals surface area contributed by atoms with Crippen LogP contribution >= 0.6 is 27.7 Å². The zero-order chi connectivity index (χ0) is 16.9. The highest BCUT2D eigenvalue weighted by atomic mass is 79.9. The predicted octanol–water partition coefficient (Wildman–Crippen LogP) is 1.76. The number of aryl methyl sites for hydroxylation is 1. The van der Waals surface area contributed by atoms with Gasteiger partial charge in [-0.15, -0.1) is 11.8 Å². The third-order valence-corrected chi connectivity index (χ3v) is 5.63. The van der Waals surface area contributed by atoms with Crippen LogP contribution in [-0.4, -0.2) is 47.9 Å². The number of carbonyl (C=O) groups is 1. The lowest BCUT2D eigenvalue weighted by Gasteiger charge is -2.31. The van der Waals surface area contributed by atoms with Gasteiger partial charge in [0.05, 0.1) is 31.9 Å². The smallest absolute Gasteiger partial charge is 0.233 e. The highest BCUT2D eigenvalue weighted by Crippen LogP contribution is 2.20. The van der Waals surface area contributed by atoms with Crippen LogP contribution in [0.3, 0.4) is 0 Å². The molecular formula is C17H21BrN3O2S+. The molecule has 0 atom stereocenters. The number of aromatic nitrogens is 1. The number of benzene rings is 1. The molecule has 1 aromatic carbocycles. The van der Waals surface area contributed by atoms with Crippen molar-refractivity contribution < 1.29 is 14.2 Å². The molecule has 1 saturated heterocycles. The number of nitrogens with zero attached hydrogens (tertiary/aromatic N) is 2. The zero-order valence-electron chi connectivity index (χ0n) is 13.6. The van der Waals surface area contributed by atoms with Gasteiger partial charge in [-0.05, 0) is 31.2 Å². The first-order valence-corrected chi connectivity index (χ1v) is 9.80. The largest absolute Gasteiger partial charge is 0.361 e. The zero-order valence-corrected chi connectivity index (χ0v) is 16.0. The predicted molar refractivity (Wildman–Crippen MR) is 97.1 cm³/mol. The van der Waals surface area contributed by atoms with Gasteiger partial charge in [0.25, 0.3) is 0 Å². The van der Waals surface area contributed by atoms with E-state index in [0.717, 1.165) is 53.5 Å². The molecule has 1 fully saturated rings. The van der Waals surface area contributed by atoms with Gasteiger partial charge >= 0.3 is 0 Å². The normalized spacial score (nSPS) is 15.7. The number of quaternary nitrogens is 1. The molecule has 2 heterocycles. The van der Waals surface area contributed by atoms with E-state index in [1.807, 2.05) is 42.2 Å². The highest BCUT2D eigenvalue weighted by Gasteiger charge is 2.24. The van der Waals surface area contributed by atoms with E-state index in [2.05, 4.69) is 21.1 Å². The molecular weight excluding hydrogens is 390 g/mol. The minimum absolute atomic E-state index is 0.222. The van der Waals surface area contributed by atoms with Crippen LogP contribution in [0.1, 0.15) is 11.5 Å². The SMILES string of the molecule is Cc1cc(C[NH+]2CCN(C(=O)CSc3ccc(Br)cc3)CC2)no1. The summed E-state index contributed by atoms with van der Waals surface area (Å²) < 4.78 is 6.17. The van der Waals surface area contributed by atoms with E-state index in [1.165, 1.54) is 4.90 Å². The van der Waals surface area contributed by atoms with Crippen molar-refractivity contribution in [3.63, 3.8) is 0 Å². The maximum atomic E-state index is 12.4. The Hall–Kier alpha value is -1.31. The van der Waals surface area contributed by atoms with Crippen molar-refractivity contribution in [3.05, 3.63) is 46.3 Å². The second-order valence-corrected chi connectivity index (χ2v) is 7.94. The van der Waals surface area contributed by atoms with Crippen LogP contribution in [0.2, 0.25) is 0 Å². The fourth-order valence-electron chi connectivity index (χ4n) is 2.77. The summed E-state index contributed by atoms with van der Waals surface area (Å²) in [6.45, 7) is 6.32. The average Bonchev–Trinajstić information content (AvgIpc) is 2.99. The molecule has 0 unspecified atom stereocenters. The lowest BCUT2D eigenvalue weighted by molar-refractivity contribution is -0.918. The van der Waals surface area contributed by atoms with Crippen molar-refractivity contribution in [3.8, 4) is 0 Å². The number of thioether (sulfide) groups is 1. The molecule has 7 heteroatoms.